The van der Waals surface area contributed by atoms with Gasteiger partial charge in [-0.2, -0.15) is 0 Å². The van der Waals surface area contributed by atoms with Crippen LogP contribution in [0.15, 0.2) is 12.2 Å². The smallest absolute Gasteiger partial charge is 0.236 e. The molecule has 0 aromatic carbocycles. The van der Waals surface area contributed by atoms with Crippen LogP contribution < -0.4 is 0 Å². The second kappa shape index (κ2) is 5.20. The van der Waals surface area contributed by atoms with Crippen LogP contribution in [0.5, 0.6) is 0 Å². The number of carbonyl (C=O) groups is 2. The van der Waals surface area contributed by atoms with Crippen LogP contribution in [0.1, 0.15) is 39.5 Å². The normalized spacial score (nSPS) is 40.4. The third-order valence-corrected chi connectivity index (χ3v) is 5.64. The van der Waals surface area contributed by atoms with Crippen molar-refractivity contribution < 1.29 is 14.3 Å². The SMILES string of the molecule is CC12C=CC(C)(O1)C1C(=O)N(CCCCCCBr)C(=O)C12. The summed E-state index contributed by atoms with van der Waals surface area (Å²) in [6.07, 6.45) is 8.14. The Morgan fingerprint density at radius 1 is 1.05 bits per heavy atom. The summed E-state index contributed by atoms with van der Waals surface area (Å²) in [6.45, 7) is 4.40. The molecule has 0 aromatic heterocycles. The van der Waals surface area contributed by atoms with Gasteiger partial charge < -0.3 is 4.74 Å². The van der Waals surface area contributed by atoms with Crippen molar-refractivity contribution in [1.82, 2.24) is 4.90 Å². The largest absolute Gasteiger partial charge is 0.359 e. The number of imide groups is 1. The average molecular weight is 356 g/mol. The first-order chi connectivity index (χ1) is 9.93. The highest BCUT2D eigenvalue weighted by Crippen LogP contribution is 2.56. The van der Waals surface area contributed by atoms with Gasteiger partial charge in [0.15, 0.2) is 0 Å². The molecular formula is C16H22BrNO3. The predicted molar refractivity (Wildman–Crippen MR) is 83.0 cm³/mol. The summed E-state index contributed by atoms with van der Waals surface area (Å²) in [6, 6.07) is 0. The molecule has 2 amide bonds. The fourth-order valence-corrected chi connectivity index (χ4v) is 4.42. The first-order valence-electron chi connectivity index (χ1n) is 7.75. The quantitative estimate of drug-likeness (QED) is 0.318. The molecular weight excluding hydrogens is 334 g/mol. The van der Waals surface area contributed by atoms with Gasteiger partial charge in [0.1, 0.15) is 0 Å². The molecule has 0 aliphatic carbocycles. The monoisotopic (exact) mass is 355 g/mol. The highest BCUT2D eigenvalue weighted by Gasteiger charge is 2.70. The molecule has 0 saturated carbocycles. The van der Waals surface area contributed by atoms with E-state index in [0.717, 1.165) is 31.0 Å². The van der Waals surface area contributed by atoms with Gasteiger partial charge in [0, 0.05) is 11.9 Å². The maximum Gasteiger partial charge on any atom is 0.236 e. The van der Waals surface area contributed by atoms with Crippen molar-refractivity contribution in [2.45, 2.75) is 50.7 Å². The highest BCUT2D eigenvalue weighted by molar-refractivity contribution is 9.09. The fraction of sp³-hybridized carbons (Fsp3) is 0.750. The van der Waals surface area contributed by atoms with Crippen LogP contribution in [0.25, 0.3) is 0 Å². The molecule has 4 nitrogen and oxygen atoms in total. The van der Waals surface area contributed by atoms with Crippen LogP contribution in [0.4, 0.5) is 0 Å². The lowest BCUT2D eigenvalue weighted by atomic mass is 9.73. The number of likely N-dealkylation sites (tertiary alicyclic amines) is 1. The molecule has 4 atom stereocenters. The van der Waals surface area contributed by atoms with Gasteiger partial charge in [-0.15, -0.1) is 0 Å². The van der Waals surface area contributed by atoms with Crippen molar-refractivity contribution in [1.29, 1.82) is 0 Å². The molecule has 2 fully saturated rings. The molecule has 3 aliphatic rings. The lowest BCUT2D eigenvalue weighted by Crippen LogP contribution is -2.39. The third-order valence-electron chi connectivity index (χ3n) is 5.08. The molecule has 0 aromatic rings. The van der Waals surface area contributed by atoms with Crippen LogP contribution in [-0.4, -0.2) is 39.8 Å². The summed E-state index contributed by atoms with van der Waals surface area (Å²) in [7, 11) is 0. The Balaban J connectivity index is 1.68. The minimum Gasteiger partial charge on any atom is -0.359 e. The van der Waals surface area contributed by atoms with Crippen molar-refractivity contribution in [2.24, 2.45) is 11.8 Å². The van der Waals surface area contributed by atoms with E-state index in [1.54, 1.807) is 0 Å². The van der Waals surface area contributed by atoms with E-state index in [1.165, 1.54) is 4.90 Å². The Kier molecular flexibility index (Phi) is 3.77. The number of unbranched alkanes of at least 4 members (excludes halogenated alkanes) is 3. The van der Waals surface area contributed by atoms with E-state index in [2.05, 4.69) is 15.9 Å². The van der Waals surface area contributed by atoms with Crippen molar-refractivity contribution in [3.8, 4) is 0 Å². The minimum atomic E-state index is -0.600. The Bertz CT molecular complexity index is 470. The Morgan fingerprint density at radius 2 is 1.57 bits per heavy atom. The number of halogens is 1. The van der Waals surface area contributed by atoms with E-state index >= 15 is 0 Å². The lowest BCUT2D eigenvalue weighted by Gasteiger charge is -2.25. The molecule has 3 aliphatic heterocycles. The van der Waals surface area contributed by atoms with Crippen LogP contribution in [0.2, 0.25) is 0 Å². The number of hydrogen-bond acceptors (Lipinski definition) is 3. The van der Waals surface area contributed by atoms with Crippen molar-refractivity contribution in [3.63, 3.8) is 0 Å². The average Bonchev–Trinajstić information content (AvgIpc) is 2.97. The number of rotatable bonds is 6. The van der Waals surface area contributed by atoms with Crippen LogP contribution >= 0.6 is 15.9 Å². The minimum absolute atomic E-state index is 0.0407. The molecule has 21 heavy (non-hydrogen) atoms. The van der Waals surface area contributed by atoms with E-state index in [-0.39, 0.29) is 23.7 Å². The number of nitrogens with zero attached hydrogens (tertiary/aromatic N) is 1. The topological polar surface area (TPSA) is 46.6 Å². The zero-order valence-corrected chi connectivity index (χ0v) is 14.2. The summed E-state index contributed by atoms with van der Waals surface area (Å²) in [4.78, 5) is 26.8. The van der Waals surface area contributed by atoms with Crippen molar-refractivity contribution in [3.05, 3.63) is 12.2 Å². The third kappa shape index (κ3) is 2.20. The van der Waals surface area contributed by atoms with Gasteiger partial charge in [-0.05, 0) is 26.7 Å². The number of ether oxygens (including phenoxy) is 1. The molecule has 4 unspecified atom stereocenters. The molecule has 2 saturated heterocycles. The number of fused-ring (bicyclic) bond motifs is 5. The Labute approximate surface area is 134 Å². The molecule has 5 heteroatoms. The fourth-order valence-electron chi connectivity index (χ4n) is 4.03. The Hall–Kier alpha value is -0.680. The molecule has 0 N–H and O–H groups in total. The van der Waals surface area contributed by atoms with Crippen molar-refractivity contribution >= 4 is 27.7 Å². The van der Waals surface area contributed by atoms with Crippen LogP contribution in [-0.2, 0) is 14.3 Å². The zero-order chi connectivity index (χ0) is 15.3. The lowest BCUT2D eigenvalue weighted by molar-refractivity contribution is -0.146. The van der Waals surface area contributed by atoms with Gasteiger partial charge in [-0.25, -0.2) is 0 Å². The second-order valence-corrected chi connectivity index (χ2v) is 7.48. The number of carbonyl (C=O) groups excluding carboxylic acids is 2. The van der Waals surface area contributed by atoms with Gasteiger partial charge in [-0.3, -0.25) is 14.5 Å². The molecule has 0 spiro atoms. The van der Waals surface area contributed by atoms with Gasteiger partial charge in [0.05, 0.1) is 23.0 Å². The van der Waals surface area contributed by atoms with Crippen LogP contribution in [0, 0.1) is 11.8 Å². The van der Waals surface area contributed by atoms with E-state index in [4.69, 9.17) is 4.74 Å². The first-order valence-corrected chi connectivity index (χ1v) is 8.87. The van der Waals surface area contributed by atoms with E-state index < -0.39 is 11.2 Å². The maximum atomic E-state index is 12.6. The Morgan fingerprint density at radius 3 is 2.10 bits per heavy atom. The van der Waals surface area contributed by atoms with Gasteiger partial charge in [0.2, 0.25) is 11.8 Å². The maximum absolute atomic E-state index is 12.6. The predicted octanol–water partition coefficient (Wildman–Crippen LogP) is 2.66. The van der Waals surface area contributed by atoms with E-state index in [1.807, 2.05) is 26.0 Å². The molecule has 0 radical (unpaired) electrons. The molecule has 3 rings (SSSR count). The summed E-state index contributed by atoms with van der Waals surface area (Å²) in [5, 5.41) is 1.01. The van der Waals surface area contributed by atoms with Crippen LogP contribution in [0.3, 0.4) is 0 Å². The van der Waals surface area contributed by atoms with Gasteiger partial charge in [-0.1, -0.05) is 40.9 Å². The molecule has 2 bridgehead atoms. The summed E-state index contributed by atoms with van der Waals surface area (Å²) < 4.78 is 5.98. The standard InChI is InChI=1S/C16H22BrNO3/c1-15-7-8-16(2,21-15)12-11(15)13(19)18(14(12)20)10-6-4-3-5-9-17/h7-8,11-12H,3-6,9-10H2,1-2H3. The highest BCUT2D eigenvalue weighted by atomic mass is 79.9. The summed E-state index contributed by atoms with van der Waals surface area (Å²) in [5.41, 5.74) is -1.20. The number of alkyl halides is 1. The first kappa shape index (κ1) is 15.2. The summed E-state index contributed by atoms with van der Waals surface area (Å²) in [5.74, 6) is -0.743. The van der Waals surface area contributed by atoms with Gasteiger partial charge >= 0.3 is 0 Å². The zero-order valence-electron chi connectivity index (χ0n) is 12.6. The number of amides is 2. The van der Waals surface area contributed by atoms with Gasteiger partial charge in [0.25, 0.3) is 0 Å². The molecule has 3 heterocycles. The van der Waals surface area contributed by atoms with E-state index in [0.29, 0.717) is 6.54 Å². The van der Waals surface area contributed by atoms with Crippen molar-refractivity contribution in [2.75, 3.05) is 11.9 Å². The second-order valence-electron chi connectivity index (χ2n) is 6.69. The summed E-state index contributed by atoms with van der Waals surface area (Å²) >= 11 is 3.41. The molecule has 116 valence electrons. The van der Waals surface area contributed by atoms with E-state index in [9.17, 15) is 9.59 Å². The number of hydrogen-bond donors (Lipinski definition) is 0.